The van der Waals surface area contributed by atoms with Gasteiger partial charge in [0.2, 0.25) is 0 Å². The van der Waals surface area contributed by atoms with Gasteiger partial charge >= 0.3 is 0 Å². The third-order valence-electron chi connectivity index (χ3n) is 6.09. The van der Waals surface area contributed by atoms with Gasteiger partial charge < -0.3 is 9.80 Å². The lowest BCUT2D eigenvalue weighted by molar-refractivity contribution is 0.241. The van der Waals surface area contributed by atoms with Crippen LogP contribution in [0.3, 0.4) is 0 Å². The molecule has 0 bridgehead atoms. The minimum atomic E-state index is 0.628. The second-order valence-corrected chi connectivity index (χ2v) is 8.65. The van der Waals surface area contributed by atoms with E-state index >= 15 is 0 Å². The molecule has 2 heterocycles. The van der Waals surface area contributed by atoms with Crippen molar-refractivity contribution in [2.45, 2.75) is 38.1 Å². The maximum Gasteiger partial charge on any atom is 0.0612 e. The average molecular weight is 406 g/mol. The van der Waals surface area contributed by atoms with Crippen molar-refractivity contribution in [1.29, 1.82) is 0 Å². The van der Waals surface area contributed by atoms with Crippen molar-refractivity contribution in [3.8, 4) is 0 Å². The summed E-state index contributed by atoms with van der Waals surface area (Å²) in [6.45, 7) is 6.77. The molecule has 27 heavy (non-hydrogen) atoms. The van der Waals surface area contributed by atoms with E-state index in [4.69, 9.17) is 23.2 Å². The van der Waals surface area contributed by atoms with Gasteiger partial charge in [0.05, 0.1) is 16.1 Å². The monoisotopic (exact) mass is 405 g/mol. The smallest absolute Gasteiger partial charge is 0.0612 e. The molecule has 1 unspecified atom stereocenters. The van der Waals surface area contributed by atoms with E-state index in [1.807, 2.05) is 12.1 Å². The molecule has 2 aliphatic heterocycles. The molecule has 1 fully saturated rings. The topological polar surface area (TPSA) is 9.72 Å². The molecule has 3 nitrogen and oxygen atoms in total. The van der Waals surface area contributed by atoms with Crippen LogP contribution in [0.25, 0.3) is 0 Å². The lowest BCUT2D eigenvalue weighted by Gasteiger charge is -2.36. The first kappa shape index (κ1) is 19.2. The van der Waals surface area contributed by atoms with Gasteiger partial charge in [-0.1, -0.05) is 29.3 Å². The Labute approximate surface area is 173 Å². The minimum Gasteiger partial charge on any atom is -0.370 e. The van der Waals surface area contributed by atoms with E-state index in [1.165, 1.54) is 50.9 Å². The molecular formula is C22H29Cl2N3. The highest BCUT2D eigenvalue weighted by Gasteiger charge is 2.25. The molecule has 0 aromatic heterocycles. The maximum absolute atomic E-state index is 6.16. The zero-order chi connectivity index (χ0) is 18.6. The quantitative estimate of drug-likeness (QED) is 0.601. The standard InChI is InChI=1S/C22H29Cl2N3/c23-20-8-7-19(17-21(20)24)26-15-13-25(14-16-26)10-3-4-11-27-12-9-18-5-1-2-6-22(18)27/h5,7-9,12,17,22H,1-4,6,10-11,13-16H2. The Bertz CT molecular complexity index is 708. The summed E-state index contributed by atoms with van der Waals surface area (Å²) in [4.78, 5) is 7.57. The molecular weight excluding hydrogens is 377 g/mol. The number of piperazine rings is 1. The maximum atomic E-state index is 6.16. The van der Waals surface area contributed by atoms with Crippen molar-refractivity contribution < 1.29 is 0 Å². The molecule has 1 aromatic carbocycles. The normalized spacial score (nSPS) is 22.9. The Balaban J connectivity index is 1.16. The summed E-state index contributed by atoms with van der Waals surface area (Å²) in [5.74, 6) is 0. The highest BCUT2D eigenvalue weighted by atomic mass is 35.5. The number of fused-ring (bicyclic) bond motifs is 1. The molecule has 3 aliphatic rings. The Morgan fingerprint density at radius 2 is 1.78 bits per heavy atom. The number of hydrogen-bond acceptors (Lipinski definition) is 3. The van der Waals surface area contributed by atoms with E-state index in [9.17, 15) is 0 Å². The van der Waals surface area contributed by atoms with E-state index in [1.54, 1.807) is 5.57 Å². The second kappa shape index (κ2) is 8.89. The first-order chi connectivity index (χ1) is 13.2. The van der Waals surface area contributed by atoms with E-state index in [-0.39, 0.29) is 0 Å². The number of allylic oxidation sites excluding steroid dienone is 1. The van der Waals surface area contributed by atoms with Gasteiger partial charge in [0.1, 0.15) is 0 Å². The predicted molar refractivity (Wildman–Crippen MR) is 116 cm³/mol. The van der Waals surface area contributed by atoms with Crippen LogP contribution in [0.15, 0.2) is 42.1 Å². The Hall–Kier alpha value is -1.16. The van der Waals surface area contributed by atoms with Crippen LogP contribution in [-0.2, 0) is 0 Å². The lowest BCUT2D eigenvalue weighted by Crippen LogP contribution is -2.46. The van der Waals surface area contributed by atoms with E-state index < -0.39 is 0 Å². The van der Waals surface area contributed by atoms with Crippen LogP contribution in [-0.4, -0.2) is 55.1 Å². The molecule has 1 aromatic rings. The van der Waals surface area contributed by atoms with Gasteiger partial charge in [-0.25, -0.2) is 0 Å². The summed E-state index contributed by atoms with van der Waals surface area (Å²) in [5.41, 5.74) is 2.74. The highest BCUT2D eigenvalue weighted by molar-refractivity contribution is 6.42. The molecule has 1 atom stereocenters. The van der Waals surface area contributed by atoms with Crippen molar-refractivity contribution in [3.05, 3.63) is 52.2 Å². The van der Waals surface area contributed by atoms with Crippen molar-refractivity contribution >= 4 is 28.9 Å². The molecule has 5 heteroatoms. The first-order valence-electron chi connectivity index (χ1n) is 10.3. The number of rotatable bonds is 6. The van der Waals surface area contributed by atoms with Gasteiger partial charge in [-0.2, -0.15) is 0 Å². The molecule has 1 saturated heterocycles. The fourth-order valence-corrected chi connectivity index (χ4v) is 4.77. The number of hydrogen-bond donors (Lipinski definition) is 0. The fourth-order valence-electron chi connectivity index (χ4n) is 4.48. The van der Waals surface area contributed by atoms with Gasteiger partial charge in [0.25, 0.3) is 0 Å². The summed E-state index contributed by atoms with van der Waals surface area (Å²) in [5, 5.41) is 1.27. The van der Waals surface area contributed by atoms with Gasteiger partial charge in [0, 0.05) is 38.4 Å². The third-order valence-corrected chi connectivity index (χ3v) is 6.83. The third kappa shape index (κ3) is 4.64. The lowest BCUT2D eigenvalue weighted by atomic mass is 9.95. The Morgan fingerprint density at radius 3 is 2.59 bits per heavy atom. The Kier molecular flexibility index (Phi) is 6.31. The summed E-state index contributed by atoms with van der Waals surface area (Å²) in [7, 11) is 0. The highest BCUT2D eigenvalue weighted by Crippen LogP contribution is 2.30. The molecule has 4 rings (SSSR count). The average Bonchev–Trinajstić information content (AvgIpc) is 3.11. The van der Waals surface area contributed by atoms with Gasteiger partial charge in [-0.05, 0) is 74.7 Å². The molecule has 146 valence electrons. The number of anilines is 1. The molecule has 0 amide bonds. The number of nitrogens with zero attached hydrogens (tertiary/aromatic N) is 3. The predicted octanol–water partition coefficient (Wildman–Crippen LogP) is 5.20. The summed E-state index contributed by atoms with van der Waals surface area (Å²) in [6.07, 6.45) is 13.6. The molecule has 0 N–H and O–H groups in total. The second-order valence-electron chi connectivity index (χ2n) is 7.84. The van der Waals surface area contributed by atoms with Crippen LogP contribution in [0, 0.1) is 0 Å². The summed E-state index contributed by atoms with van der Waals surface area (Å²) < 4.78 is 0. The van der Waals surface area contributed by atoms with E-state index in [0.717, 1.165) is 26.2 Å². The number of benzene rings is 1. The zero-order valence-corrected chi connectivity index (χ0v) is 17.4. The number of unbranched alkanes of at least 4 members (excludes halogenated alkanes) is 1. The van der Waals surface area contributed by atoms with E-state index in [0.29, 0.717) is 16.1 Å². The largest absolute Gasteiger partial charge is 0.370 e. The molecule has 1 aliphatic carbocycles. The minimum absolute atomic E-state index is 0.628. The summed E-state index contributed by atoms with van der Waals surface area (Å²) >= 11 is 12.2. The Morgan fingerprint density at radius 1 is 0.963 bits per heavy atom. The first-order valence-corrected chi connectivity index (χ1v) is 11.0. The van der Waals surface area contributed by atoms with Gasteiger partial charge in [-0.3, -0.25) is 4.90 Å². The van der Waals surface area contributed by atoms with Crippen molar-refractivity contribution in [3.63, 3.8) is 0 Å². The van der Waals surface area contributed by atoms with Crippen molar-refractivity contribution in [1.82, 2.24) is 9.80 Å². The molecule has 0 radical (unpaired) electrons. The summed E-state index contributed by atoms with van der Waals surface area (Å²) in [6, 6.07) is 6.62. The van der Waals surface area contributed by atoms with Crippen LogP contribution >= 0.6 is 23.2 Å². The SMILES string of the molecule is Clc1ccc(N2CCN(CCCCN3C=CC4=CCCCC43)CC2)cc1Cl. The molecule has 0 saturated carbocycles. The van der Waals surface area contributed by atoms with Crippen LogP contribution in [0.1, 0.15) is 32.1 Å². The number of halogens is 2. The van der Waals surface area contributed by atoms with Crippen molar-refractivity contribution in [2.24, 2.45) is 0 Å². The van der Waals surface area contributed by atoms with Gasteiger partial charge in [-0.15, -0.1) is 0 Å². The fraction of sp³-hybridized carbons (Fsp3) is 0.545. The van der Waals surface area contributed by atoms with Gasteiger partial charge in [0.15, 0.2) is 0 Å². The van der Waals surface area contributed by atoms with E-state index in [2.05, 4.69) is 39.1 Å². The zero-order valence-electron chi connectivity index (χ0n) is 15.9. The molecule has 0 spiro atoms. The van der Waals surface area contributed by atoms with Crippen molar-refractivity contribution in [2.75, 3.05) is 44.2 Å². The van der Waals surface area contributed by atoms with Crippen LogP contribution < -0.4 is 4.90 Å². The van der Waals surface area contributed by atoms with Crippen LogP contribution in [0.2, 0.25) is 10.0 Å². The van der Waals surface area contributed by atoms with Crippen LogP contribution in [0.5, 0.6) is 0 Å². The van der Waals surface area contributed by atoms with Crippen LogP contribution in [0.4, 0.5) is 5.69 Å².